The Bertz CT molecular complexity index is 5390. The topological polar surface area (TPSA) is 832 Å². The number of nitrogens with zero attached hydrogens (tertiary/aromatic N) is 19. The number of nitrogen functional groups attached to an aromatic ring is 5. The van der Waals surface area contributed by atoms with E-state index in [-0.39, 0.29) is 210 Å². The van der Waals surface area contributed by atoms with Gasteiger partial charge in [-0.3, -0.25) is 66.4 Å². The number of aliphatic hydroxyl groups is 5. The van der Waals surface area contributed by atoms with Crippen molar-refractivity contribution in [2.75, 3.05) is 266 Å². The third-order valence-electron chi connectivity index (χ3n) is 20.6. The summed E-state index contributed by atoms with van der Waals surface area (Å²) in [6.07, 6.45) is 9.05. The van der Waals surface area contributed by atoms with E-state index in [9.17, 15) is 63.9 Å². The zero-order chi connectivity index (χ0) is 105. The van der Waals surface area contributed by atoms with Gasteiger partial charge in [-0.05, 0) is 49.9 Å². The first-order valence-electron chi connectivity index (χ1n) is 45.8. The summed E-state index contributed by atoms with van der Waals surface area (Å²) in [6.45, 7) is -14.2. The summed E-state index contributed by atoms with van der Waals surface area (Å²) in [4.78, 5) is 243. The molecule has 796 valence electrons. The average molecular weight is 2040 g/mol. The minimum absolute atomic E-state index is 0.0262. The van der Waals surface area contributed by atoms with Crippen molar-refractivity contribution in [2.24, 2.45) is 17.4 Å². The molecule has 0 aliphatic carbocycles. The number of amides is 11. The van der Waals surface area contributed by atoms with Crippen LogP contribution in [0.3, 0.4) is 0 Å². The van der Waals surface area contributed by atoms with Crippen molar-refractivity contribution in [1.82, 2.24) is 119 Å². The van der Waals surface area contributed by atoms with Crippen LogP contribution in [-0.4, -0.2) is 450 Å². The van der Waals surface area contributed by atoms with Gasteiger partial charge in [-0.1, -0.05) is 6.92 Å². The summed E-state index contributed by atoms with van der Waals surface area (Å²) in [5.74, 6) is -11.5. The van der Waals surface area contributed by atoms with E-state index < -0.39 is 236 Å². The van der Waals surface area contributed by atoms with Crippen LogP contribution in [-0.2, 0) is 133 Å². The van der Waals surface area contributed by atoms with E-state index in [2.05, 4.69) is 71.4 Å². The molecule has 144 heavy (non-hydrogen) atoms. The number of fused-ring (bicyclic) bond motifs is 2. The number of hydrogen-bond donors (Lipinski definition) is 17. The van der Waals surface area contributed by atoms with E-state index in [1.54, 1.807) is 6.92 Å². The number of ether oxygens (including phenoxy) is 10. The second kappa shape index (κ2) is 64.7. The summed E-state index contributed by atoms with van der Waals surface area (Å²) >= 11 is 0. The summed E-state index contributed by atoms with van der Waals surface area (Å²) in [5.41, 5.74) is 38.5. The number of aromatic nitrogens is 14. The van der Waals surface area contributed by atoms with E-state index in [1.165, 1.54) is 52.4 Å². The Morgan fingerprint density at radius 2 is 0.625 bits per heavy atom. The highest BCUT2D eigenvalue weighted by Crippen LogP contribution is 2.18. The van der Waals surface area contributed by atoms with Gasteiger partial charge in [-0.25, -0.2) is 44.3 Å². The molecule has 7 aromatic heterocycles. The van der Waals surface area contributed by atoms with Gasteiger partial charge in [0.15, 0.2) is 22.9 Å². The monoisotopic (exact) mass is 2040 g/mol. The highest BCUT2D eigenvalue weighted by atomic mass is 16.6. The highest BCUT2D eigenvalue weighted by molar-refractivity contribution is 5.92. The van der Waals surface area contributed by atoms with Crippen molar-refractivity contribution in [1.29, 1.82) is 0 Å². The quantitative estimate of drug-likeness (QED) is 0.0157. The SMILES string of the molecule is C[C@H](COCCOCCO)CN(CC(=O)N[C@H](COCCOCCO)CN(CC(=O)N[C@H](COCCOCCO)CN(CC(=O)N[C@H](COCCOCCO)CN(CC(=O)N[C@H](COCCOCCO)CN(CC(=O)N[C@H](CCCCN)C(N)=O)C(=O)Cn1ccc(N)nc1=O)C(=O)Cn1cnc2c(N)ncnc21)C(=O)Cn1cnc2c(N)ncnc21)C(=O)Cn1ccc(N)nc1=O)C(=O)Cn1ccc(N)nc1=O. The fourth-order valence-electron chi connectivity index (χ4n) is 13.9. The second-order valence-electron chi connectivity index (χ2n) is 32.3. The zero-order valence-electron chi connectivity index (χ0n) is 79.9. The number of rotatable bonds is 75. The predicted molar refractivity (Wildman–Crippen MR) is 506 cm³/mol. The third kappa shape index (κ3) is 42.8. The molecule has 6 atom stereocenters. The second-order valence-corrected chi connectivity index (χ2v) is 32.3. The standard InChI is InChI=1S/C84H131N31O29/c1-56(47-140-27-22-135-17-12-116)32-109(70(126)42-106-9-5-62(86)103-82(106)132)37-65(121)98-57(48-141-28-23-136-18-13-117)33-110(71(127)43-107-10-6-63(87)104-83(107)133)38-66(122)99-58(49-142-29-24-137-19-14-118)34-111(73(129)45-114-54-96-75-77(89)92-52-94-80(75)114)39-67(123)100-59(50-143-30-25-138-20-15-119)35-112(74(130)46-115-55-97-76-78(90)93-53-95-81(76)115)40-68(124)101-60(51-144-31-26-139-21-16-120)36-113(72(128)44-108-11-7-64(88)105-84(108)134)41-69(125)102-61(79(91)131)4-2-3-8-85/h5-7,9-11,52-61,116-120H,2-4,8,12-51,85H2,1H3,(H2,91,131)(H,98,121)(H,99,122)(H,100,123)(H,101,124)(H,102,125)(H2,86,103,132)(H2,87,104,133)(H2,88,105,134)(H2,89,92,94)(H2,90,93,95)/t56-,57-,58-,59-,60-,61+/m0/s1. The number of nitrogens with one attached hydrogen (secondary N) is 5. The molecule has 0 aliphatic heterocycles. The minimum atomic E-state index is -1.45. The van der Waals surface area contributed by atoms with E-state index in [1.807, 2.05) is 0 Å². The maximum Gasteiger partial charge on any atom is 0.349 e. The number of anilines is 5. The minimum Gasteiger partial charge on any atom is -0.394 e. The zero-order valence-corrected chi connectivity index (χ0v) is 79.9. The molecular formula is C84H131N31O29. The first-order valence-corrected chi connectivity index (χ1v) is 45.8. The lowest BCUT2D eigenvalue weighted by molar-refractivity contribution is -0.140. The predicted octanol–water partition coefficient (Wildman–Crippen LogP) is -12.7. The molecule has 7 aromatic rings. The molecule has 0 fully saturated rings. The largest absolute Gasteiger partial charge is 0.394 e. The number of unbranched alkanes of at least 4 members (excludes halogenated alkanes) is 1. The molecule has 7 heterocycles. The highest BCUT2D eigenvalue weighted by Gasteiger charge is 2.34. The van der Waals surface area contributed by atoms with Crippen molar-refractivity contribution in [2.45, 2.75) is 89.1 Å². The molecule has 0 aromatic carbocycles. The molecule has 60 nitrogen and oxygen atoms in total. The summed E-state index contributed by atoms with van der Waals surface area (Å²) in [5, 5.41) is 60.9. The first-order chi connectivity index (χ1) is 69.3. The molecule has 0 aliphatic rings. The Hall–Kier alpha value is -13.7. The van der Waals surface area contributed by atoms with Crippen LogP contribution in [0.4, 0.5) is 29.1 Å². The molecular weight excluding hydrogens is 1910 g/mol. The smallest absolute Gasteiger partial charge is 0.349 e. The van der Waals surface area contributed by atoms with Crippen molar-refractivity contribution >= 4 is 116 Å². The van der Waals surface area contributed by atoms with Crippen LogP contribution in [0.25, 0.3) is 22.3 Å². The fourth-order valence-corrected chi connectivity index (χ4v) is 13.9. The number of primary amides is 1. The lowest BCUT2D eigenvalue weighted by atomic mass is 10.1. The van der Waals surface area contributed by atoms with Gasteiger partial charge in [0, 0.05) is 51.3 Å². The van der Waals surface area contributed by atoms with Crippen molar-refractivity contribution in [3.05, 3.63) is 93.6 Å². The Morgan fingerprint density at radius 1 is 0.354 bits per heavy atom. The maximum atomic E-state index is 15.5. The molecule has 24 N–H and O–H groups in total. The number of aliphatic hydroxyl groups excluding tert-OH is 5. The van der Waals surface area contributed by atoms with E-state index in [4.69, 9.17) is 87.5 Å². The molecule has 7 rings (SSSR count). The van der Waals surface area contributed by atoms with Gasteiger partial charge >= 0.3 is 17.1 Å². The van der Waals surface area contributed by atoms with Crippen LogP contribution >= 0.6 is 0 Å². The normalized spacial score (nSPS) is 12.6. The van der Waals surface area contributed by atoms with Gasteiger partial charge in [0.2, 0.25) is 65.0 Å². The Morgan fingerprint density at radius 3 is 0.903 bits per heavy atom. The Balaban J connectivity index is 1.28. The van der Waals surface area contributed by atoms with Crippen molar-refractivity contribution in [3.63, 3.8) is 0 Å². The summed E-state index contributed by atoms with van der Waals surface area (Å²) in [7, 11) is 0. The van der Waals surface area contributed by atoms with Crippen LogP contribution in [0.5, 0.6) is 0 Å². The van der Waals surface area contributed by atoms with Gasteiger partial charge in [0.05, 0.1) is 235 Å². The van der Waals surface area contributed by atoms with Gasteiger partial charge in [0.25, 0.3) is 0 Å². The molecule has 0 radical (unpaired) electrons. The molecule has 0 saturated heterocycles. The van der Waals surface area contributed by atoms with Gasteiger partial charge in [0.1, 0.15) is 79.9 Å². The van der Waals surface area contributed by atoms with Crippen LogP contribution in [0.15, 0.2) is 76.5 Å². The average Bonchev–Trinajstić information content (AvgIpc) is 1.67. The maximum absolute atomic E-state index is 15.5. The van der Waals surface area contributed by atoms with Crippen LogP contribution in [0.2, 0.25) is 0 Å². The van der Waals surface area contributed by atoms with E-state index in [0.717, 1.165) is 57.1 Å². The van der Waals surface area contributed by atoms with Crippen LogP contribution < -0.4 is 83.8 Å². The number of carbonyl (C=O) groups is 11. The lowest BCUT2D eigenvalue weighted by Crippen LogP contribution is -2.57. The molecule has 0 unspecified atom stereocenters. The first kappa shape index (κ1) is 117. The summed E-state index contributed by atoms with van der Waals surface area (Å²) in [6, 6.07) is -3.11. The van der Waals surface area contributed by atoms with E-state index in [0.29, 0.717) is 12.8 Å². The number of imidazole rings is 2. The Labute approximate surface area is 823 Å². The van der Waals surface area contributed by atoms with Crippen LogP contribution in [0.1, 0.15) is 26.2 Å². The molecule has 0 spiro atoms. The third-order valence-corrected chi connectivity index (χ3v) is 20.6. The summed E-state index contributed by atoms with van der Waals surface area (Å²) < 4.78 is 62.1. The molecule has 11 amide bonds. The molecule has 0 saturated carbocycles. The fraction of sp³-hybridized carbons (Fsp3) is 0.607. The Kier molecular flexibility index (Phi) is 52.7. The molecule has 60 heteroatoms. The van der Waals surface area contributed by atoms with Gasteiger partial charge < -0.3 is 173 Å². The number of nitrogens with two attached hydrogens (primary N) is 7. The van der Waals surface area contributed by atoms with Gasteiger partial charge in [-0.2, -0.15) is 15.0 Å². The van der Waals surface area contributed by atoms with Crippen LogP contribution in [0, 0.1) is 5.92 Å². The van der Waals surface area contributed by atoms with Crippen molar-refractivity contribution < 1.29 is 126 Å². The molecule has 0 bridgehead atoms. The number of carbonyl (C=O) groups excluding carboxylic acids is 11. The lowest BCUT2D eigenvalue weighted by Gasteiger charge is -2.32. The number of hydrogen-bond acceptors (Lipinski definition) is 44. The van der Waals surface area contributed by atoms with E-state index >= 15 is 28.8 Å². The van der Waals surface area contributed by atoms with Gasteiger partial charge in [-0.15, -0.1) is 0 Å². The van der Waals surface area contributed by atoms with Crippen molar-refractivity contribution in [3.8, 4) is 0 Å².